The third-order valence-electron chi connectivity index (χ3n) is 4.91. The van der Waals surface area contributed by atoms with Crippen LogP contribution in [0.2, 0.25) is 0 Å². The van der Waals surface area contributed by atoms with E-state index in [0.29, 0.717) is 17.4 Å². The van der Waals surface area contributed by atoms with E-state index in [1.807, 2.05) is 41.8 Å². The minimum Gasteiger partial charge on any atom is -0.493 e. The van der Waals surface area contributed by atoms with Gasteiger partial charge in [0.2, 0.25) is 5.89 Å². The summed E-state index contributed by atoms with van der Waals surface area (Å²) in [5.74, 6) is 0.265. The number of methoxy groups -OCH3 is 1. The largest absolute Gasteiger partial charge is 0.493 e. The van der Waals surface area contributed by atoms with Crippen LogP contribution in [0.15, 0.2) is 58.3 Å². The first-order valence-electron chi connectivity index (χ1n) is 10.7. The summed E-state index contributed by atoms with van der Waals surface area (Å²) in [5, 5.41) is 12.0. The van der Waals surface area contributed by atoms with Crippen LogP contribution in [0.3, 0.4) is 0 Å². The molecule has 0 unspecified atom stereocenters. The van der Waals surface area contributed by atoms with Crippen molar-refractivity contribution >= 4 is 27.4 Å². The average molecular weight is 440 g/mol. The Morgan fingerprint density at radius 2 is 2.06 bits per heavy atom. The molecule has 2 heterocycles. The number of carboxylic acid groups (broad SMARTS) is 1. The minimum atomic E-state index is -1.88. The number of hydrogen-bond acceptors (Lipinski definition) is 6. The zero-order chi connectivity index (χ0) is 23.6. The second-order valence-electron chi connectivity index (χ2n) is 6.91. The van der Waals surface area contributed by atoms with Gasteiger partial charge in [-0.3, -0.25) is 0 Å². The van der Waals surface area contributed by atoms with Gasteiger partial charge < -0.3 is 19.0 Å². The molecule has 6 nitrogen and oxygen atoms in total. The molecule has 4 rings (SSSR count). The van der Waals surface area contributed by atoms with Crippen molar-refractivity contribution in [3.63, 3.8) is 0 Å². The molecular weight excluding hydrogens is 414 g/mol. The number of thiophene rings is 1. The summed E-state index contributed by atoms with van der Waals surface area (Å²) in [6.07, 6.45) is -2.60. The molecule has 2 aromatic carbocycles. The Morgan fingerprint density at radius 1 is 1.26 bits per heavy atom. The molecule has 0 aliphatic carbocycles. The van der Waals surface area contributed by atoms with Gasteiger partial charge >= 0.3 is 5.97 Å². The molecule has 1 N–H and O–H groups in total. The highest BCUT2D eigenvalue weighted by atomic mass is 32.1. The number of oxazole rings is 1. The summed E-state index contributed by atoms with van der Waals surface area (Å²) >= 11 is 1.48. The van der Waals surface area contributed by atoms with Crippen LogP contribution >= 0.6 is 11.3 Å². The Hall–Kier alpha value is -3.16. The van der Waals surface area contributed by atoms with Gasteiger partial charge in [-0.1, -0.05) is 24.3 Å². The fourth-order valence-electron chi connectivity index (χ4n) is 3.30. The molecule has 1 atom stereocenters. The first-order valence-corrected chi connectivity index (χ1v) is 10.6. The van der Waals surface area contributed by atoms with Gasteiger partial charge in [0.25, 0.3) is 0 Å². The van der Waals surface area contributed by atoms with E-state index in [2.05, 4.69) is 4.98 Å². The van der Waals surface area contributed by atoms with Crippen molar-refractivity contribution in [2.45, 2.75) is 25.8 Å². The van der Waals surface area contributed by atoms with E-state index in [1.54, 1.807) is 19.1 Å². The van der Waals surface area contributed by atoms with Crippen molar-refractivity contribution in [2.75, 3.05) is 13.7 Å². The molecule has 0 bridgehead atoms. The van der Waals surface area contributed by atoms with Gasteiger partial charge in [-0.15, -0.1) is 11.3 Å². The van der Waals surface area contributed by atoms with Crippen molar-refractivity contribution < 1.29 is 26.5 Å². The highest BCUT2D eigenvalue weighted by Crippen LogP contribution is 2.34. The SMILES string of the molecule is [2H]C([2H])(COc1ccc(C[C@H](OC)C(=O)O)c2sccc12)c1nc(-c2ccccc2)oc1C. The van der Waals surface area contributed by atoms with Crippen LogP contribution < -0.4 is 4.74 Å². The molecular formula is C24H23NO5S. The maximum Gasteiger partial charge on any atom is 0.333 e. The number of nitrogens with zero attached hydrogens (tertiary/aromatic N) is 1. The van der Waals surface area contributed by atoms with Crippen molar-refractivity contribution in [2.24, 2.45) is 0 Å². The molecule has 2 aromatic heterocycles. The number of carbonyl (C=O) groups is 1. The summed E-state index contributed by atoms with van der Waals surface area (Å²) in [6.45, 7) is 1.43. The highest BCUT2D eigenvalue weighted by Gasteiger charge is 2.19. The number of ether oxygens (including phenoxy) is 2. The molecule has 0 saturated heterocycles. The van der Waals surface area contributed by atoms with E-state index in [9.17, 15) is 9.90 Å². The number of carboxylic acids is 1. The maximum atomic E-state index is 11.3. The molecule has 0 radical (unpaired) electrons. The van der Waals surface area contributed by atoms with Crippen LogP contribution in [-0.2, 0) is 22.3 Å². The Bertz CT molecular complexity index is 1270. The smallest absolute Gasteiger partial charge is 0.333 e. The Balaban J connectivity index is 1.55. The van der Waals surface area contributed by atoms with Crippen LogP contribution in [0.5, 0.6) is 5.75 Å². The second-order valence-corrected chi connectivity index (χ2v) is 7.82. The molecule has 0 saturated carbocycles. The van der Waals surface area contributed by atoms with E-state index < -0.39 is 18.4 Å². The number of fused-ring (bicyclic) bond motifs is 1. The Morgan fingerprint density at radius 3 is 2.81 bits per heavy atom. The van der Waals surface area contributed by atoms with E-state index in [1.165, 1.54) is 18.4 Å². The quantitative estimate of drug-likeness (QED) is 0.389. The normalized spacial score (nSPS) is 13.6. The van der Waals surface area contributed by atoms with Crippen LogP contribution in [0.1, 0.15) is 19.8 Å². The summed E-state index contributed by atoms with van der Waals surface area (Å²) in [5.41, 5.74) is 1.81. The lowest BCUT2D eigenvalue weighted by Gasteiger charge is -2.13. The van der Waals surface area contributed by atoms with Gasteiger partial charge in [0.15, 0.2) is 6.10 Å². The van der Waals surface area contributed by atoms with Crippen LogP contribution in [0.25, 0.3) is 21.5 Å². The standard InChI is InChI=1S/C24H23NO5S/c1-15-19(25-23(30-15)16-6-4-3-5-7-16)10-12-29-20-9-8-17(14-21(28-2)24(26)27)22-18(20)11-13-31-22/h3-9,11,13,21H,10,12,14H2,1-2H3,(H,26,27)/t21-/m0/s1/i10D2. The van der Waals surface area contributed by atoms with E-state index in [4.69, 9.17) is 16.6 Å². The molecule has 0 aliphatic heterocycles. The molecule has 7 heteroatoms. The maximum absolute atomic E-state index is 11.3. The molecule has 31 heavy (non-hydrogen) atoms. The zero-order valence-corrected chi connectivity index (χ0v) is 17.9. The topological polar surface area (TPSA) is 81.8 Å². The Kier molecular flexibility index (Phi) is 5.59. The molecule has 0 amide bonds. The summed E-state index contributed by atoms with van der Waals surface area (Å²) < 4.78 is 34.7. The van der Waals surface area contributed by atoms with Crippen molar-refractivity contribution in [1.82, 2.24) is 4.98 Å². The van der Waals surface area contributed by atoms with Crippen molar-refractivity contribution in [1.29, 1.82) is 0 Å². The van der Waals surface area contributed by atoms with Gasteiger partial charge in [0, 0.05) is 38.3 Å². The van der Waals surface area contributed by atoms with E-state index in [0.717, 1.165) is 21.2 Å². The third kappa shape index (κ3) is 4.62. The van der Waals surface area contributed by atoms with Crippen LogP contribution in [0.4, 0.5) is 0 Å². The highest BCUT2D eigenvalue weighted by molar-refractivity contribution is 7.17. The van der Waals surface area contributed by atoms with Gasteiger partial charge in [0.1, 0.15) is 11.5 Å². The van der Waals surface area contributed by atoms with Crippen molar-refractivity contribution in [3.8, 4) is 17.2 Å². The first kappa shape index (κ1) is 18.6. The number of rotatable bonds is 9. The number of aromatic nitrogens is 1. The summed E-state index contributed by atoms with van der Waals surface area (Å²) in [7, 11) is 1.37. The van der Waals surface area contributed by atoms with Crippen LogP contribution in [-0.4, -0.2) is 35.9 Å². The second kappa shape index (κ2) is 9.32. The zero-order valence-electron chi connectivity index (χ0n) is 19.1. The molecule has 0 spiro atoms. The van der Waals surface area contributed by atoms with E-state index >= 15 is 0 Å². The molecule has 0 fully saturated rings. The van der Waals surface area contributed by atoms with Gasteiger partial charge in [0.05, 0.1) is 12.3 Å². The van der Waals surface area contributed by atoms with Gasteiger partial charge in [-0.2, -0.15) is 0 Å². The predicted molar refractivity (Wildman–Crippen MR) is 120 cm³/mol. The number of hydrogen-bond donors (Lipinski definition) is 1. The molecule has 160 valence electrons. The monoisotopic (exact) mass is 439 g/mol. The lowest BCUT2D eigenvalue weighted by molar-refractivity contribution is -0.148. The number of aryl methyl sites for hydroxylation is 1. The fourth-order valence-corrected chi connectivity index (χ4v) is 4.24. The molecule has 0 aliphatic rings. The lowest BCUT2D eigenvalue weighted by atomic mass is 10.1. The van der Waals surface area contributed by atoms with E-state index in [-0.39, 0.29) is 18.7 Å². The number of aliphatic carboxylic acids is 1. The number of benzene rings is 2. The van der Waals surface area contributed by atoms with Gasteiger partial charge in [-0.05, 0) is 42.1 Å². The minimum absolute atomic E-state index is 0.198. The van der Waals surface area contributed by atoms with Crippen LogP contribution in [0, 0.1) is 6.92 Å². The molecule has 4 aromatic rings. The first-order chi connectivity index (χ1) is 15.8. The summed E-state index contributed by atoms with van der Waals surface area (Å²) in [4.78, 5) is 15.7. The fraction of sp³-hybridized carbons (Fsp3) is 0.250. The third-order valence-corrected chi connectivity index (χ3v) is 5.90. The van der Waals surface area contributed by atoms with Gasteiger partial charge in [-0.25, -0.2) is 9.78 Å². The predicted octanol–water partition coefficient (Wildman–Crippen LogP) is 5.13. The Labute approximate surface area is 186 Å². The summed E-state index contributed by atoms with van der Waals surface area (Å²) in [6, 6.07) is 14.8. The lowest BCUT2D eigenvalue weighted by Crippen LogP contribution is -2.24. The van der Waals surface area contributed by atoms with Crippen molar-refractivity contribution in [3.05, 3.63) is 70.9 Å². The average Bonchev–Trinajstić information content (AvgIpc) is 3.44.